The lowest BCUT2D eigenvalue weighted by Crippen LogP contribution is -1.97. The summed E-state index contributed by atoms with van der Waals surface area (Å²) in [4.78, 5) is 7.91. The van der Waals surface area contributed by atoms with Gasteiger partial charge in [-0.3, -0.25) is 0 Å². The number of hydrogen-bond donors (Lipinski definition) is 2. The maximum atomic E-state index is 9.52. The van der Waals surface area contributed by atoms with Gasteiger partial charge in [-0.15, -0.1) is 0 Å². The van der Waals surface area contributed by atoms with Gasteiger partial charge in [0.15, 0.2) is 0 Å². The quantitative estimate of drug-likeness (QED) is 0.802. The number of anilines is 1. The smallest absolute Gasteiger partial charge is 0.221 e. The average Bonchev–Trinajstić information content (AvgIpc) is 2.28. The minimum Gasteiger partial charge on any atom is -0.389 e. The molecule has 1 aromatic heterocycles. The lowest BCUT2D eigenvalue weighted by molar-refractivity contribution is 0.199. The molecule has 0 aliphatic carbocycles. The number of nitrogens with zero attached hydrogens (tertiary/aromatic N) is 2. The normalized spacial score (nSPS) is 12.4. The number of aliphatic hydroxyl groups is 1. The summed E-state index contributed by atoms with van der Waals surface area (Å²) in [5.74, 6) is 0.134. The minimum absolute atomic E-state index is 0.134. The summed E-state index contributed by atoms with van der Waals surface area (Å²) in [6.45, 7) is 1.71. The number of hydrogen-bond acceptors (Lipinski definition) is 4. The summed E-state index contributed by atoms with van der Waals surface area (Å²) in [6, 6.07) is 9.07. The Balaban J connectivity index is 2.49. The van der Waals surface area contributed by atoms with Crippen LogP contribution in [0.1, 0.15) is 18.6 Å². The Morgan fingerprint density at radius 3 is 2.71 bits per heavy atom. The van der Waals surface area contributed by atoms with Crippen LogP contribution in [-0.4, -0.2) is 15.1 Å². The molecule has 2 rings (SSSR count). The maximum Gasteiger partial charge on any atom is 0.221 e. The largest absolute Gasteiger partial charge is 0.389 e. The van der Waals surface area contributed by atoms with Crippen LogP contribution in [-0.2, 0) is 0 Å². The maximum absolute atomic E-state index is 9.52. The molecule has 1 aromatic carbocycles. The van der Waals surface area contributed by atoms with Crippen LogP contribution in [0.2, 0.25) is 5.15 Å². The van der Waals surface area contributed by atoms with Crippen LogP contribution in [0.5, 0.6) is 0 Å². The summed E-state index contributed by atoms with van der Waals surface area (Å²) < 4.78 is 0. The van der Waals surface area contributed by atoms with E-state index in [-0.39, 0.29) is 5.95 Å². The van der Waals surface area contributed by atoms with Gasteiger partial charge < -0.3 is 10.8 Å². The van der Waals surface area contributed by atoms with Crippen LogP contribution < -0.4 is 5.73 Å². The molecule has 0 radical (unpaired) electrons. The zero-order valence-electron chi connectivity index (χ0n) is 9.26. The second kappa shape index (κ2) is 4.69. The van der Waals surface area contributed by atoms with Crippen molar-refractivity contribution in [2.24, 2.45) is 0 Å². The molecule has 17 heavy (non-hydrogen) atoms. The van der Waals surface area contributed by atoms with Gasteiger partial charge >= 0.3 is 0 Å². The molecule has 2 aromatic rings. The van der Waals surface area contributed by atoms with Crippen molar-refractivity contribution in [2.45, 2.75) is 13.0 Å². The fourth-order valence-corrected chi connectivity index (χ4v) is 1.73. The van der Waals surface area contributed by atoms with Crippen molar-refractivity contribution in [3.05, 3.63) is 41.0 Å². The van der Waals surface area contributed by atoms with Crippen LogP contribution in [0.25, 0.3) is 11.3 Å². The number of nitrogen functional groups attached to an aromatic ring is 1. The van der Waals surface area contributed by atoms with Crippen LogP contribution in [0.15, 0.2) is 30.3 Å². The Morgan fingerprint density at radius 1 is 1.29 bits per heavy atom. The fourth-order valence-electron chi connectivity index (χ4n) is 1.54. The Bertz CT molecular complexity index is 523. The summed E-state index contributed by atoms with van der Waals surface area (Å²) in [6.07, 6.45) is -0.524. The predicted molar refractivity (Wildman–Crippen MR) is 67.5 cm³/mol. The van der Waals surface area contributed by atoms with Gasteiger partial charge in [0.25, 0.3) is 0 Å². The number of nitrogens with two attached hydrogens (primary N) is 1. The number of halogens is 1. The molecule has 0 saturated carbocycles. The van der Waals surface area contributed by atoms with Gasteiger partial charge in [-0.1, -0.05) is 29.8 Å². The molecule has 0 spiro atoms. The van der Waals surface area contributed by atoms with E-state index in [0.29, 0.717) is 10.8 Å². The van der Waals surface area contributed by atoms with E-state index in [9.17, 15) is 5.11 Å². The van der Waals surface area contributed by atoms with Gasteiger partial charge in [0.05, 0.1) is 11.8 Å². The average molecular weight is 250 g/mol. The highest BCUT2D eigenvalue weighted by Crippen LogP contribution is 2.23. The third-order valence-electron chi connectivity index (χ3n) is 2.38. The van der Waals surface area contributed by atoms with Crippen molar-refractivity contribution in [2.75, 3.05) is 5.73 Å². The number of rotatable bonds is 2. The standard InChI is InChI=1S/C12H12ClN3O/c1-7(17)8-3-2-4-9(5-8)10-6-11(13)16-12(14)15-10/h2-7,17H,1H3,(H2,14,15,16). The lowest BCUT2D eigenvalue weighted by Gasteiger charge is -2.07. The van der Waals surface area contributed by atoms with E-state index < -0.39 is 6.10 Å². The predicted octanol–water partition coefficient (Wildman–Crippen LogP) is 2.43. The highest BCUT2D eigenvalue weighted by molar-refractivity contribution is 6.29. The molecule has 4 nitrogen and oxygen atoms in total. The topological polar surface area (TPSA) is 72.0 Å². The van der Waals surface area contributed by atoms with E-state index in [0.717, 1.165) is 11.1 Å². The second-order valence-electron chi connectivity index (χ2n) is 3.74. The van der Waals surface area contributed by atoms with Crippen LogP contribution in [0.4, 0.5) is 5.95 Å². The Morgan fingerprint density at radius 2 is 2.06 bits per heavy atom. The molecule has 0 aliphatic rings. The zero-order chi connectivity index (χ0) is 12.4. The summed E-state index contributed by atoms with van der Waals surface area (Å²) >= 11 is 5.82. The van der Waals surface area contributed by atoms with Crippen molar-refractivity contribution < 1.29 is 5.11 Å². The van der Waals surface area contributed by atoms with Crippen molar-refractivity contribution in [1.29, 1.82) is 0 Å². The van der Waals surface area contributed by atoms with Gasteiger partial charge in [-0.2, -0.15) is 0 Å². The van der Waals surface area contributed by atoms with Crippen molar-refractivity contribution in [3.8, 4) is 11.3 Å². The number of aromatic nitrogens is 2. The van der Waals surface area contributed by atoms with Crippen molar-refractivity contribution in [3.63, 3.8) is 0 Å². The van der Waals surface area contributed by atoms with E-state index >= 15 is 0 Å². The monoisotopic (exact) mass is 249 g/mol. The molecule has 5 heteroatoms. The van der Waals surface area contributed by atoms with Gasteiger partial charge in [0.2, 0.25) is 5.95 Å². The summed E-state index contributed by atoms with van der Waals surface area (Å²) in [5, 5.41) is 9.82. The molecule has 0 aliphatic heterocycles. The second-order valence-corrected chi connectivity index (χ2v) is 4.12. The van der Waals surface area contributed by atoms with Crippen LogP contribution >= 0.6 is 11.6 Å². The molecule has 3 N–H and O–H groups in total. The first-order chi connectivity index (χ1) is 8.06. The molecule has 0 saturated heterocycles. The number of benzene rings is 1. The summed E-state index contributed by atoms with van der Waals surface area (Å²) in [7, 11) is 0. The number of aliphatic hydroxyl groups excluding tert-OH is 1. The SMILES string of the molecule is CC(O)c1cccc(-c2cc(Cl)nc(N)n2)c1. The van der Waals surface area contributed by atoms with Crippen molar-refractivity contribution >= 4 is 17.5 Å². The van der Waals surface area contributed by atoms with E-state index in [1.54, 1.807) is 13.0 Å². The first kappa shape index (κ1) is 11.8. The molecular formula is C12H12ClN3O. The van der Waals surface area contributed by atoms with Gasteiger partial charge in [-0.05, 0) is 18.6 Å². The molecule has 88 valence electrons. The van der Waals surface area contributed by atoms with Gasteiger partial charge in [-0.25, -0.2) is 9.97 Å². The minimum atomic E-state index is -0.524. The molecule has 1 atom stereocenters. The molecule has 0 fully saturated rings. The van der Waals surface area contributed by atoms with Crippen LogP contribution in [0, 0.1) is 0 Å². The molecule has 1 heterocycles. The fraction of sp³-hybridized carbons (Fsp3) is 0.167. The van der Waals surface area contributed by atoms with Crippen molar-refractivity contribution in [1.82, 2.24) is 9.97 Å². The van der Waals surface area contributed by atoms with E-state index in [1.807, 2.05) is 24.3 Å². The zero-order valence-corrected chi connectivity index (χ0v) is 10.0. The first-order valence-electron chi connectivity index (χ1n) is 5.15. The first-order valence-corrected chi connectivity index (χ1v) is 5.52. The molecule has 0 amide bonds. The highest BCUT2D eigenvalue weighted by Gasteiger charge is 2.06. The van der Waals surface area contributed by atoms with Gasteiger partial charge in [0.1, 0.15) is 5.15 Å². The van der Waals surface area contributed by atoms with E-state index in [4.69, 9.17) is 17.3 Å². The lowest BCUT2D eigenvalue weighted by atomic mass is 10.1. The Kier molecular flexibility index (Phi) is 3.26. The third kappa shape index (κ3) is 2.72. The van der Waals surface area contributed by atoms with Crippen LogP contribution in [0.3, 0.4) is 0 Å². The third-order valence-corrected chi connectivity index (χ3v) is 2.57. The Labute approximate surface area is 104 Å². The Hall–Kier alpha value is -1.65. The molecule has 1 unspecified atom stereocenters. The molecule has 0 bridgehead atoms. The summed E-state index contributed by atoms with van der Waals surface area (Å²) in [5.41, 5.74) is 7.84. The molecular weight excluding hydrogens is 238 g/mol. The van der Waals surface area contributed by atoms with Gasteiger partial charge in [0, 0.05) is 11.6 Å². The van der Waals surface area contributed by atoms with E-state index in [2.05, 4.69) is 9.97 Å². The highest BCUT2D eigenvalue weighted by atomic mass is 35.5. The van der Waals surface area contributed by atoms with E-state index in [1.165, 1.54) is 0 Å².